The van der Waals surface area contributed by atoms with Crippen LogP contribution in [0.15, 0.2) is 29.3 Å². The zero-order valence-corrected chi connectivity index (χ0v) is 8.60. The number of anilines is 1. The summed E-state index contributed by atoms with van der Waals surface area (Å²) in [7, 11) is 0. The molecule has 0 spiro atoms. The second kappa shape index (κ2) is 3.84. The van der Waals surface area contributed by atoms with E-state index in [0.29, 0.717) is 6.42 Å². The molecule has 0 saturated heterocycles. The molecule has 0 radical (unpaired) electrons. The first-order valence-electron chi connectivity index (χ1n) is 4.30. The first-order valence-corrected chi connectivity index (χ1v) is 5.52. The van der Waals surface area contributed by atoms with E-state index in [1.54, 1.807) is 0 Å². The Morgan fingerprint density at radius 1 is 1.43 bits per heavy atom. The lowest BCUT2D eigenvalue weighted by Gasteiger charge is -2.02. The van der Waals surface area contributed by atoms with Gasteiger partial charge in [0.15, 0.2) is 0 Å². The summed E-state index contributed by atoms with van der Waals surface area (Å²) < 4.78 is 0. The van der Waals surface area contributed by atoms with Crippen molar-refractivity contribution in [3.8, 4) is 0 Å². The Balaban J connectivity index is 2.47. The van der Waals surface area contributed by atoms with Crippen LogP contribution < -0.4 is 5.32 Å². The SMILES string of the molecule is CSC1=Nc2ccccc2NC(=O)C1. The number of nitrogens with zero attached hydrogens (tertiary/aromatic N) is 1. The van der Waals surface area contributed by atoms with Gasteiger partial charge in [0.2, 0.25) is 5.91 Å². The molecule has 72 valence electrons. The minimum Gasteiger partial charge on any atom is -0.324 e. The van der Waals surface area contributed by atoms with Gasteiger partial charge in [-0.25, -0.2) is 4.99 Å². The van der Waals surface area contributed by atoms with E-state index in [1.165, 1.54) is 11.8 Å². The van der Waals surface area contributed by atoms with E-state index < -0.39 is 0 Å². The van der Waals surface area contributed by atoms with Gasteiger partial charge in [-0.2, -0.15) is 0 Å². The van der Waals surface area contributed by atoms with Crippen LogP contribution in [-0.2, 0) is 4.79 Å². The van der Waals surface area contributed by atoms with E-state index in [-0.39, 0.29) is 5.91 Å². The molecule has 4 heteroatoms. The maximum absolute atomic E-state index is 11.4. The molecule has 1 heterocycles. The Bertz CT molecular complexity index is 401. The van der Waals surface area contributed by atoms with Crippen molar-refractivity contribution in [1.29, 1.82) is 0 Å². The van der Waals surface area contributed by atoms with Gasteiger partial charge in [-0.15, -0.1) is 11.8 Å². The largest absolute Gasteiger partial charge is 0.324 e. The van der Waals surface area contributed by atoms with Gasteiger partial charge in [-0.05, 0) is 18.4 Å². The molecule has 1 aromatic carbocycles. The molecule has 1 aromatic rings. The summed E-state index contributed by atoms with van der Waals surface area (Å²) in [5.41, 5.74) is 1.63. The molecule has 1 amide bonds. The van der Waals surface area contributed by atoms with Crippen molar-refractivity contribution in [3.05, 3.63) is 24.3 Å². The molecule has 0 saturated carbocycles. The van der Waals surface area contributed by atoms with E-state index in [1.807, 2.05) is 30.5 Å². The summed E-state index contributed by atoms with van der Waals surface area (Å²) in [6, 6.07) is 7.56. The summed E-state index contributed by atoms with van der Waals surface area (Å²) >= 11 is 1.52. The number of nitrogens with one attached hydrogen (secondary N) is 1. The summed E-state index contributed by atoms with van der Waals surface area (Å²) in [4.78, 5) is 15.8. The zero-order valence-electron chi connectivity index (χ0n) is 7.78. The highest BCUT2D eigenvalue weighted by atomic mass is 32.2. The first kappa shape index (κ1) is 9.27. The third-order valence-electron chi connectivity index (χ3n) is 1.97. The van der Waals surface area contributed by atoms with Gasteiger partial charge < -0.3 is 5.32 Å². The molecule has 0 fully saturated rings. The normalized spacial score (nSPS) is 15.2. The Labute approximate surface area is 86.6 Å². The number of carbonyl (C=O) groups excluding carboxylic acids is 1. The fraction of sp³-hybridized carbons (Fsp3) is 0.200. The van der Waals surface area contributed by atoms with Gasteiger partial charge in [0.05, 0.1) is 22.8 Å². The molecule has 2 rings (SSSR count). The number of rotatable bonds is 0. The van der Waals surface area contributed by atoms with Crippen molar-refractivity contribution in [2.45, 2.75) is 6.42 Å². The van der Waals surface area contributed by atoms with Crippen molar-refractivity contribution >= 4 is 34.1 Å². The summed E-state index contributed by atoms with van der Waals surface area (Å²) in [5.74, 6) is 0.00282. The summed E-state index contributed by atoms with van der Waals surface area (Å²) in [6.45, 7) is 0. The zero-order chi connectivity index (χ0) is 9.97. The van der Waals surface area contributed by atoms with Crippen molar-refractivity contribution in [2.75, 3.05) is 11.6 Å². The molecule has 0 atom stereocenters. The monoisotopic (exact) mass is 206 g/mol. The average Bonchev–Trinajstić information content (AvgIpc) is 2.35. The minimum absolute atomic E-state index is 0.00282. The van der Waals surface area contributed by atoms with Crippen molar-refractivity contribution < 1.29 is 4.79 Å². The minimum atomic E-state index is 0.00282. The van der Waals surface area contributed by atoms with E-state index in [0.717, 1.165) is 16.4 Å². The third kappa shape index (κ3) is 1.80. The molecule has 0 bridgehead atoms. The molecular weight excluding hydrogens is 196 g/mol. The van der Waals surface area contributed by atoms with Crippen molar-refractivity contribution in [1.82, 2.24) is 0 Å². The average molecular weight is 206 g/mol. The number of hydrogen-bond acceptors (Lipinski definition) is 3. The summed E-state index contributed by atoms with van der Waals surface area (Å²) in [5, 5.41) is 3.67. The Morgan fingerprint density at radius 2 is 2.21 bits per heavy atom. The molecule has 0 aromatic heterocycles. The standard InChI is InChI=1S/C10H10N2OS/c1-14-10-6-9(13)11-7-4-2-3-5-8(7)12-10/h2-5H,6H2,1H3,(H,11,13). The number of fused-ring (bicyclic) bond motifs is 1. The molecule has 1 aliphatic rings. The Hall–Kier alpha value is -1.29. The molecule has 1 aliphatic heterocycles. The van der Waals surface area contributed by atoms with Crippen LogP contribution in [0.3, 0.4) is 0 Å². The number of hydrogen-bond donors (Lipinski definition) is 1. The fourth-order valence-corrected chi connectivity index (χ4v) is 1.77. The maximum atomic E-state index is 11.4. The van der Waals surface area contributed by atoms with E-state index in [2.05, 4.69) is 10.3 Å². The topological polar surface area (TPSA) is 41.5 Å². The van der Waals surface area contributed by atoms with Gasteiger partial charge in [0.1, 0.15) is 0 Å². The van der Waals surface area contributed by atoms with E-state index in [4.69, 9.17) is 0 Å². The van der Waals surface area contributed by atoms with Crippen molar-refractivity contribution in [2.24, 2.45) is 4.99 Å². The van der Waals surface area contributed by atoms with Gasteiger partial charge in [0.25, 0.3) is 0 Å². The van der Waals surface area contributed by atoms with Crippen LogP contribution in [0.1, 0.15) is 6.42 Å². The van der Waals surface area contributed by atoms with Crippen LogP contribution in [0.25, 0.3) is 0 Å². The van der Waals surface area contributed by atoms with Crippen LogP contribution in [0, 0.1) is 0 Å². The van der Waals surface area contributed by atoms with Gasteiger partial charge in [-0.1, -0.05) is 12.1 Å². The van der Waals surface area contributed by atoms with Gasteiger partial charge in [0, 0.05) is 0 Å². The predicted octanol–water partition coefficient (Wildman–Crippen LogP) is 2.42. The lowest BCUT2D eigenvalue weighted by atomic mass is 10.3. The highest BCUT2D eigenvalue weighted by molar-refractivity contribution is 8.13. The third-order valence-corrected chi connectivity index (χ3v) is 2.68. The van der Waals surface area contributed by atoms with Crippen molar-refractivity contribution in [3.63, 3.8) is 0 Å². The number of thioether (sulfide) groups is 1. The van der Waals surface area contributed by atoms with Crippen LogP contribution in [0.4, 0.5) is 11.4 Å². The van der Waals surface area contributed by atoms with Crippen LogP contribution >= 0.6 is 11.8 Å². The quantitative estimate of drug-likeness (QED) is 0.708. The molecule has 1 N–H and O–H groups in total. The Kier molecular flexibility index (Phi) is 2.54. The van der Waals surface area contributed by atoms with E-state index >= 15 is 0 Å². The van der Waals surface area contributed by atoms with Crippen LogP contribution in [0.5, 0.6) is 0 Å². The lowest BCUT2D eigenvalue weighted by Crippen LogP contribution is -2.12. The molecule has 0 unspecified atom stereocenters. The smallest absolute Gasteiger partial charge is 0.231 e. The molecular formula is C10H10N2OS. The van der Waals surface area contributed by atoms with Crippen LogP contribution in [0.2, 0.25) is 0 Å². The number of para-hydroxylation sites is 2. The van der Waals surface area contributed by atoms with Crippen LogP contribution in [-0.4, -0.2) is 17.2 Å². The second-order valence-corrected chi connectivity index (χ2v) is 3.83. The summed E-state index contributed by atoms with van der Waals surface area (Å²) in [6.07, 6.45) is 2.30. The molecule has 14 heavy (non-hydrogen) atoms. The predicted molar refractivity (Wildman–Crippen MR) is 60.3 cm³/mol. The maximum Gasteiger partial charge on any atom is 0.231 e. The number of benzene rings is 1. The van der Waals surface area contributed by atoms with Gasteiger partial charge >= 0.3 is 0 Å². The lowest BCUT2D eigenvalue weighted by molar-refractivity contribution is -0.115. The molecule has 0 aliphatic carbocycles. The second-order valence-electron chi connectivity index (χ2n) is 2.95. The fourth-order valence-electron chi connectivity index (χ4n) is 1.30. The van der Waals surface area contributed by atoms with E-state index in [9.17, 15) is 4.79 Å². The highest BCUT2D eigenvalue weighted by Gasteiger charge is 2.13. The number of amides is 1. The first-order chi connectivity index (χ1) is 6.79. The Morgan fingerprint density at radius 3 is 3.00 bits per heavy atom. The number of aliphatic imine (C=N–C) groups is 1. The highest BCUT2D eigenvalue weighted by Crippen LogP contribution is 2.28. The molecule has 3 nitrogen and oxygen atoms in total. The number of carbonyl (C=O) groups is 1. The van der Waals surface area contributed by atoms with Gasteiger partial charge in [-0.3, -0.25) is 4.79 Å².